The van der Waals surface area contributed by atoms with Crippen molar-refractivity contribution in [3.8, 4) is 0 Å². The Hall–Kier alpha value is -2.41. The molecule has 0 aliphatic heterocycles. The van der Waals surface area contributed by atoms with Crippen LogP contribution in [-0.4, -0.2) is 45.7 Å². The topological polar surface area (TPSA) is 116 Å². The van der Waals surface area contributed by atoms with E-state index < -0.39 is 35.5 Å². The summed E-state index contributed by atoms with van der Waals surface area (Å²) < 4.78 is 0. The van der Waals surface area contributed by atoms with Gasteiger partial charge in [0.1, 0.15) is 11.6 Å². The number of aliphatic hydroxyl groups is 1. The number of benzene rings is 1. The Labute approximate surface area is 160 Å². The second-order valence-electron chi connectivity index (χ2n) is 7.64. The monoisotopic (exact) mass is 378 g/mol. The van der Waals surface area contributed by atoms with Crippen LogP contribution in [0.5, 0.6) is 0 Å². The number of hydrogen-bond acceptors (Lipinski definition) is 4. The first-order valence-electron chi connectivity index (χ1n) is 9.11. The molecule has 0 aliphatic rings. The maximum atomic E-state index is 12.6. The highest BCUT2D eigenvalue weighted by molar-refractivity contribution is 5.95. The highest BCUT2D eigenvalue weighted by atomic mass is 16.4. The van der Waals surface area contributed by atoms with Gasteiger partial charge < -0.3 is 20.8 Å². The van der Waals surface area contributed by atoms with Gasteiger partial charge in [-0.2, -0.15) is 0 Å². The van der Waals surface area contributed by atoms with Crippen LogP contribution in [0.2, 0.25) is 0 Å². The number of rotatable bonds is 10. The van der Waals surface area contributed by atoms with Crippen molar-refractivity contribution in [3.05, 3.63) is 35.9 Å². The minimum Gasteiger partial charge on any atom is -0.465 e. The van der Waals surface area contributed by atoms with Crippen molar-refractivity contribution >= 4 is 17.8 Å². The zero-order valence-electron chi connectivity index (χ0n) is 16.4. The van der Waals surface area contributed by atoms with Crippen LogP contribution in [0.25, 0.3) is 0 Å². The van der Waals surface area contributed by atoms with Crippen molar-refractivity contribution in [1.82, 2.24) is 10.6 Å². The molecule has 0 fully saturated rings. The van der Waals surface area contributed by atoms with Crippen LogP contribution in [0.3, 0.4) is 0 Å². The molecule has 0 saturated heterocycles. The Balaban J connectivity index is 2.91. The lowest BCUT2D eigenvalue weighted by molar-refractivity contribution is -0.139. The maximum absolute atomic E-state index is 12.6. The lowest BCUT2D eigenvalue weighted by atomic mass is 9.92. The van der Waals surface area contributed by atoms with E-state index in [1.54, 1.807) is 0 Å². The highest BCUT2D eigenvalue weighted by Crippen LogP contribution is 2.14. The van der Waals surface area contributed by atoms with Crippen LogP contribution in [0.1, 0.15) is 46.1 Å². The number of aryl methyl sites for hydroxylation is 1. The molecule has 7 nitrogen and oxygen atoms in total. The van der Waals surface area contributed by atoms with Gasteiger partial charge in [-0.15, -0.1) is 0 Å². The molecule has 0 bridgehead atoms. The van der Waals surface area contributed by atoms with Crippen LogP contribution >= 0.6 is 0 Å². The third kappa shape index (κ3) is 8.21. The average molecular weight is 378 g/mol. The fourth-order valence-electron chi connectivity index (χ4n) is 2.78. The number of carboxylic acid groups (broad SMARTS) is 1. The molecular weight excluding hydrogens is 348 g/mol. The van der Waals surface area contributed by atoms with E-state index in [1.165, 1.54) is 13.8 Å². The van der Waals surface area contributed by atoms with Crippen LogP contribution < -0.4 is 10.6 Å². The first kappa shape index (κ1) is 22.6. The van der Waals surface area contributed by atoms with Gasteiger partial charge >= 0.3 is 6.09 Å². The SMILES string of the molecule is CC(C)CC(NC(=O)O)C(=O)NC(CCc1ccccc1)C(=O)C(C)(C)O. The van der Waals surface area contributed by atoms with Gasteiger partial charge in [0, 0.05) is 0 Å². The number of carbonyl (C=O) groups excluding carboxylic acids is 2. The summed E-state index contributed by atoms with van der Waals surface area (Å²) in [4.78, 5) is 36.2. The zero-order chi connectivity index (χ0) is 20.6. The molecule has 2 unspecified atom stereocenters. The van der Waals surface area contributed by atoms with Gasteiger partial charge in [0.15, 0.2) is 5.78 Å². The molecule has 2 atom stereocenters. The molecule has 0 aromatic heterocycles. The molecular formula is C20H30N2O5. The molecule has 1 aromatic carbocycles. The number of hydrogen-bond donors (Lipinski definition) is 4. The van der Waals surface area contributed by atoms with Gasteiger partial charge in [-0.25, -0.2) is 4.79 Å². The summed E-state index contributed by atoms with van der Waals surface area (Å²) in [6.45, 7) is 6.49. The van der Waals surface area contributed by atoms with Crippen LogP contribution in [-0.2, 0) is 16.0 Å². The lowest BCUT2D eigenvalue weighted by Gasteiger charge is -2.27. The summed E-state index contributed by atoms with van der Waals surface area (Å²) in [5, 5.41) is 23.9. The summed E-state index contributed by atoms with van der Waals surface area (Å²) in [5.41, 5.74) is -0.606. The molecule has 0 spiro atoms. The van der Waals surface area contributed by atoms with Crippen molar-refractivity contribution in [1.29, 1.82) is 0 Å². The Morgan fingerprint density at radius 2 is 1.63 bits per heavy atom. The van der Waals surface area contributed by atoms with Crippen molar-refractivity contribution in [3.63, 3.8) is 0 Å². The summed E-state index contributed by atoms with van der Waals surface area (Å²) in [5.74, 6) is -0.993. The summed E-state index contributed by atoms with van der Waals surface area (Å²) in [7, 11) is 0. The van der Waals surface area contributed by atoms with Crippen molar-refractivity contribution in [2.75, 3.05) is 0 Å². The quantitative estimate of drug-likeness (QED) is 0.498. The molecule has 1 rings (SSSR count). The van der Waals surface area contributed by atoms with Gasteiger partial charge in [-0.05, 0) is 44.6 Å². The van der Waals surface area contributed by atoms with Crippen molar-refractivity contribution in [2.24, 2.45) is 5.92 Å². The van der Waals surface area contributed by atoms with E-state index in [4.69, 9.17) is 5.11 Å². The number of ketones is 1. The second kappa shape index (κ2) is 10.1. The molecule has 1 aromatic rings. The Kier molecular flexibility index (Phi) is 8.43. The maximum Gasteiger partial charge on any atom is 0.405 e. The number of Topliss-reactive ketones (excluding diaryl/α,β-unsaturated/α-hetero) is 1. The molecule has 7 heteroatoms. The number of carbonyl (C=O) groups is 3. The fraction of sp³-hybridized carbons (Fsp3) is 0.550. The van der Waals surface area contributed by atoms with E-state index in [0.29, 0.717) is 19.3 Å². The van der Waals surface area contributed by atoms with E-state index in [-0.39, 0.29) is 5.92 Å². The zero-order valence-corrected chi connectivity index (χ0v) is 16.4. The van der Waals surface area contributed by atoms with Gasteiger partial charge in [0.25, 0.3) is 0 Å². The first-order chi connectivity index (χ1) is 12.5. The number of amides is 2. The van der Waals surface area contributed by atoms with E-state index in [0.717, 1.165) is 5.56 Å². The predicted octanol–water partition coefficient (Wildman–Crippen LogP) is 2.13. The summed E-state index contributed by atoms with van der Waals surface area (Å²) in [6.07, 6.45) is -0.153. The minimum absolute atomic E-state index is 0.0837. The molecule has 0 radical (unpaired) electrons. The Bertz CT molecular complexity index is 638. The van der Waals surface area contributed by atoms with E-state index in [9.17, 15) is 19.5 Å². The third-order valence-electron chi connectivity index (χ3n) is 4.12. The van der Waals surface area contributed by atoms with Gasteiger partial charge in [0.2, 0.25) is 5.91 Å². The van der Waals surface area contributed by atoms with Crippen LogP contribution in [0.4, 0.5) is 4.79 Å². The van der Waals surface area contributed by atoms with E-state index >= 15 is 0 Å². The lowest BCUT2D eigenvalue weighted by Crippen LogP contribution is -2.55. The van der Waals surface area contributed by atoms with Crippen molar-refractivity contribution < 1.29 is 24.6 Å². The number of nitrogens with one attached hydrogen (secondary N) is 2. The third-order valence-corrected chi connectivity index (χ3v) is 4.12. The predicted molar refractivity (Wildman–Crippen MR) is 102 cm³/mol. The fourth-order valence-corrected chi connectivity index (χ4v) is 2.78. The van der Waals surface area contributed by atoms with Gasteiger partial charge in [-0.1, -0.05) is 44.2 Å². The molecule has 0 aliphatic carbocycles. The second-order valence-corrected chi connectivity index (χ2v) is 7.64. The van der Waals surface area contributed by atoms with Crippen molar-refractivity contribution in [2.45, 2.75) is 64.6 Å². The standard InChI is InChI=1S/C20H30N2O5/c1-13(2)12-16(22-19(25)26)18(24)21-15(17(23)20(3,4)27)11-10-14-8-6-5-7-9-14/h5-9,13,15-16,22,27H,10-12H2,1-4H3,(H,21,24)(H,25,26). The molecule has 4 N–H and O–H groups in total. The molecule has 150 valence electrons. The normalized spacial score (nSPS) is 13.7. The summed E-state index contributed by atoms with van der Waals surface area (Å²) in [6, 6.07) is 7.62. The van der Waals surface area contributed by atoms with Gasteiger partial charge in [0.05, 0.1) is 6.04 Å². The van der Waals surface area contributed by atoms with Crippen LogP contribution in [0, 0.1) is 5.92 Å². The average Bonchev–Trinajstić information content (AvgIpc) is 2.56. The minimum atomic E-state index is -1.61. The molecule has 0 saturated carbocycles. The molecule has 0 heterocycles. The molecule has 27 heavy (non-hydrogen) atoms. The Morgan fingerprint density at radius 3 is 2.11 bits per heavy atom. The van der Waals surface area contributed by atoms with E-state index in [2.05, 4.69) is 10.6 Å². The summed E-state index contributed by atoms with van der Waals surface area (Å²) >= 11 is 0. The van der Waals surface area contributed by atoms with Crippen LogP contribution in [0.15, 0.2) is 30.3 Å². The van der Waals surface area contributed by atoms with E-state index in [1.807, 2.05) is 44.2 Å². The molecule has 2 amide bonds. The Morgan fingerprint density at radius 1 is 1.04 bits per heavy atom. The smallest absolute Gasteiger partial charge is 0.405 e. The largest absolute Gasteiger partial charge is 0.465 e. The highest BCUT2D eigenvalue weighted by Gasteiger charge is 2.34. The van der Waals surface area contributed by atoms with Gasteiger partial charge in [-0.3, -0.25) is 9.59 Å². The first-order valence-corrected chi connectivity index (χ1v) is 9.11.